The minimum absolute atomic E-state index is 0.312. The van der Waals surface area contributed by atoms with E-state index in [1.807, 2.05) is 0 Å². The van der Waals surface area contributed by atoms with Gasteiger partial charge in [-0.25, -0.2) is 0 Å². The van der Waals surface area contributed by atoms with Crippen LogP contribution >= 0.6 is 0 Å². The molecule has 1 nitrogen and oxygen atoms in total. The van der Waals surface area contributed by atoms with Crippen LogP contribution in [0.25, 0.3) is 0 Å². The predicted octanol–water partition coefficient (Wildman–Crippen LogP) is 2.71. The molecule has 0 spiro atoms. The van der Waals surface area contributed by atoms with Crippen molar-refractivity contribution in [2.45, 2.75) is 39.0 Å². The Bertz CT molecular complexity index is 227. The van der Waals surface area contributed by atoms with E-state index >= 15 is 0 Å². The summed E-state index contributed by atoms with van der Waals surface area (Å²) in [6.07, 6.45) is 8.58. The molecule has 12 heavy (non-hydrogen) atoms. The molecule has 0 radical (unpaired) electrons. The minimum Gasteiger partial charge on any atom is -0.295 e. The first-order valence-electron chi connectivity index (χ1n) is 5.00. The molecule has 1 fully saturated rings. The molecule has 1 heteroatoms. The molecular formula is C11H16O. The lowest BCUT2D eigenvalue weighted by atomic mass is 9.79. The summed E-state index contributed by atoms with van der Waals surface area (Å²) in [6.45, 7) is 1.71. The number of rotatable bonds is 1. The molecule has 2 rings (SSSR count). The summed E-state index contributed by atoms with van der Waals surface area (Å²) < 4.78 is 0. The number of carbonyl (C=O) groups excluding carboxylic acids is 1. The van der Waals surface area contributed by atoms with Crippen LogP contribution in [0.1, 0.15) is 39.0 Å². The monoisotopic (exact) mass is 164 g/mol. The number of ketones is 1. The molecular weight excluding hydrogens is 148 g/mol. The molecule has 0 saturated heterocycles. The van der Waals surface area contributed by atoms with Gasteiger partial charge in [0.2, 0.25) is 0 Å². The average molecular weight is 164 g/mol. The van der Waals surface area contributed by atoms with Crippen LogP contribution < -0.4 is 0 Å². The quantitative estimate of drug-likeness (QED) is 0.582. The van der Waals surface area contributed by atoms with Crippen molar-refractivity contribution in [3.05, 3.63) is 11.6 Å². The van der Waals surface area contributed by atoms with E-state index in [9.17, 15) is 4.79 Å². The largest absolute Gasteiger partial charge is 0.295 e. The third-order valence-corrected chi connectivity index (χ3v) is 3.37. The molecule has 0 aromatic rings. The zero-order chi connectivity index (χ0) is 8.55. The Morgan fingerprint density at radius 3 is 3.00 bits per heavy atom. The van der Waals surface area contributed by atoms with Gasteiger partial charge in [0.05, 0.1) is 0 Å². The third-order valence-electron chi connectivity index (χ3n) is 3.37. The Morgan fingerprint density at radius 2 is 2.25 bits per heavy atom. The van der Waals surface area contributed by atoms with Crippen molar-refractivity contribution >= 4 is 5.78 Å². The topological polar surface area (TPSA) is 17.1 Å². The van der Waals surface area contributed by atoms with Crippen molar-refractivity contribution in [2.24, 2.45) is 11.8 Å². The molecule has 0 heterocycles. The molecule has 0 aromatic heterocycles. The van der Waals surface area contributed by atoms with Crippen LogP contribution in [0.4, 0.5) is 0 Å². The molecule has 2 aliphatic carbocycles. The van der Waals surface area contributed by atoms with Crippen LogP contribution in [0, 0.1) is 11.8 Å². The van der Waals surface area contributed by atoms with Gasteiger partial charge in [0, 0.05) is 0 Å². The molecule has 0 N–H and O–H groups in total. The van der Waals surface area contributed by atoms with E-state index in [-0.39, 0.29) is 0 Å². The van der Waals surface area contributed by atoms with Crippen molar-refractivity contribution in [2.75, 3.05) is 0 Å². The highest BCUT2D eigenvalue weighted by Crippen LogP contribution is 2.42. The van der Waals surface area contributed by atoms with Crippen LogP contribution in [-0.4, -0.2) is 5.78 Å². The molecule has 2 atom stereocenters. The normalized spacial score (nSPS) is 34.2. The number of fused-ring (bicyclic) bond motifs is 1. The molecule has 0 amide bonds. The highest BCUT2D eigenvalue weighted by atomic mass is 16.1. The molecule has 2 unspecified atom stereocenters. The third kappa shape index (κ3) is 1.21. The second-order valence-electron chi connectivity index (χ2n) is 4.09. The lowest BCUT2D eigenvalue weighted by molar-refractivity contribution is -0.114. The second kappa shape index (κ2) is 3.04. The highest BCUT2D eigenvalue weighted by Gasteiger charge is 2.33. The van der Waals surface area contributed by atoms with Gasteiger partial charge in [-0.05, 0) is 50.0 Å². The zero-order valence-corrected chi connectivity index (χ0v) is 7.68. The van der Waals surface area contributed by atoms with Gasteiger partial charge in [0.1, 0.15) is 0 Å². The average Bonchev–Trinajstić information content (AvgIpc) is 2.49. The van der Waals surface area contributed by atoms with Crippen LogP contribution in [-0.2, 0) is 4.79 Å². The lowest BCUT2D eigenvalue weighted by Gasteiger charge is -2.25. The molecule has 0 bridgehead atoms. The second-order valence-corrected chi connectivity index (χ2v) is 4.09. The first kappa shape index (κ1) is 8.03. The van der Waals surface area contributed by atoms with Gasteiger partial charge in [-0.1, -0.05) is 12.5 Å². The Kier molecular flexibility index (Phi) is 2.03. The number of allylic oxidation sites excluding steroid dienone is 2. The van der Waals surface area contributed by atoms with Gasteiger partial charge in [0.15, 0.2) is 5.78 Å². The van der Waals surface area contributed by atoms with Crippen LogP contribution in [0.2, 0.25) is 0 Å². The van der Waals surface area contributed by atoms with Gasteiger partial charge >= 0.3 is 0 Å². The van der Waals surface area contributed by atoms with E-state index in [1.54, 1.807) is 6.92 Å². The number of carbonyl (C=O) groups is 1. The molecule has 66 valence electrons. The van der Waals surface area contributed by atoms with Crippen LogP contribution in [0.5, 0.6) is 0 Å². The molecule has 0 aliphatic heterocycles. The van der Waals surface area contributed by atoms with Crippen molar-refractivity contribution in [3.63, 3.8) is 0 Å². The fourth-order valence-electron chi connectivity index (χ4n) is 2.80. The molecule has 2 aliphatic rings. The SMILES string of the molecule is CC(=O)C1=CCCC2CCCC12. The fraction of sp³-hybridized carbons (Fsp3) is 0.727. The summed E-state index contributed by atoms with van der Waals surface area (Å²) in [6, 6.07) is 0. The summed E-state index contributed by atoms with van der Waals surface area (Å²) in [5, 5.41) is 0. The van der Waals surface area contributed by atoms with E-state index in [2.05, 4.69) is 6.08 Å². The van der Waals surface area contributed by atoms with Gasteiger partial charge in [-0.15, -0.1) is 0 Å². The lowest BCUT2D eigenvalue weighted by Crippen LogP contribution is -2.18. The Morgan fingerprint density at radius 1 is 1.42 bits per heavy atom. The summed E-state index contributed by atoms with van der Waals surface area (Å²) >= 11 is 0. The van der Waals surface area contributed by atoms with Crippen molar-refractivity contribution < 1.29 is 4.79 Å². The van der Waals surface area contributed by atoms with E-state index in [0.29, 0.717) is 11.7 Å². The predicted molar refractivity (Wildman–Crippen MR) is 48.8 cm³/mol. The van der Waals surface area contributed by atoms with Gasteiger partial charge in [-0.3, -0.25) is 4.79 Å². The minimum atomic E-state index is 0.312. The maximum Gasteiger partial charge on any atom is 0.155 e. The first-order valence-corrected chi connectivity index (χ1v) is 5.00. The Balaban J connectivity index is 2.21. The standard InChI is InChI=1S/C11H16O/c1-8(12)10-6-2-4-9-5-3-7-11(9)10/h6,9,11H,2-5,7H2,1H3. The highest BCUT2D eigenvalue weighted by molar-refractivity contribution is 5.94. The van der Waals surface area contributed by atoms with Gasteiger partial charge < -0.3 is 0 Å². The van der Waals surface area contributed by atoms with E-state index < -0.39 is 0 Å². The van der Waals surface area contributed by atoms with E-state index in [1.165, 1.54) is 25.7 Å². The van der Waals surface area contributed by atoms with E-state index in [4.69, 9.17) is 0 Å². The van der Waals surface area contributed by atoms with Crippen LogP contribution in [0.3, 0.4) is 0 Å². The molecule has 1 saturated carbocycles. The van der Waals surface area contributed by atoms with Crippen molar-refractivity contribution in [1.29, 1.82) is 0 Å². The number of Topliss-reactive ketones (excluding diaryl/α,β-unsaturated/α-hetero) is 1. The summed E-state index contributed by atoms with van der Waals surface area (Å²) in [5.74, 6) is 1.79. The molecule has 0 aromatic carbocycles. The first-order chi connectivity index (χ1) is 5.79. The van der Waals surface area contributed by atoms with E-state index in [0.717, 1.165) is 17.9 Å². The Labute approximate surface area is 73.8 Å². The van der Waals surface area contributed by atoms with Crippen molar-refractivity contribution in [1.82, 2.24) is 0 Å². The van der Waals surface area contributed by atoms with Crippen molar-refractivity contribution in [3.8, 4) is 0 Å². The summed E-state index contributed by atoms with van der Waals surface area (Å²) in [7, 11) is 0. The van der Waals surface area contributed by atoms with Gasteiger partial charge in [-0.2, -0.15) is 0 Å². The maximum atomic E-state index is 11.3. The zero-order valence-electron chi connectivity index (χ0n) is 7.68. The smallest absolute Gasteiger partial charge is 0.155 e. The number of hydrogen-bond donors (Lipinski definition) is 0. The number of hydrogen-bond acceptors (Lipinski definition) is 1. The summed E-state index contributed by atoms with van der Waals surface area (Å²) in [5.41, 5.74) is 1.14. The van der Waals surface area contributed by atoms with Gasteiger partial charge in [0.25, 0.3) is 0 Å². The fourth-order valence-corrected chi connectivity index (χ4v) is 2.80. The Hall–Kier alpha value is -0.590. The van der Waals surface area contributed by atoms with Crippen LogP contribution in [0.15, 0.2) is 11.6 Å². The maximum absolute atomic E-state index is 11.3. The summed E-state index contributed by atoms with van der Waals surface area (Å²) in [4.78, 5) is 11.3.